The largest absolute Gasteiger partial charge is 0.338 e. The molecule has 1 aromatic carbocycles. The van der Waals surface area contributed by atoms with Crippen molar-refractivity contribution >= 4 is 23.4 Å². The summed E-state index contributed by atoms with van der Waals surface area (Å²) in [6.45, 7) is 0. The molecule has 0 spiro atoms. The van der Waals surface area contributed by atoms with Crippen molar-refractivity contribution in [1.29, 1.82) is 0 Å². The van der Waals surface area contributed by atoms with E-state index in [0.29, 0.717) is 28.4 Å². The molecule has 23 heavy (non-hydrogen) atoms. The molecular formula is C15H14ClN5OS. The summed E-state index contributed by atoms with van der Waals surface area (Å²) < 4.78 is 7.36. The lowest BCUT2D eigenvalue weighted by Crippen LogP contribution is -1.97. The Hall–Kier alpha value is -1.86. The number of halogens is 1. The number of benzene rings is 1. The van der Waals surface area contributed by atoms with E-state index in [2.05, 4.69) is 24.9 Å². The zero-order chi connectivity index (χ0) is 15.8. The van der Waals surface area contributed by atoms with Gasteiger partial charge in [-0.3, -0.25) is 0 Å². The maximum absolute atomic E-state index is 5.88. The summed E-state index contributed by atoms with van der Waals surface area (Å²) in [5, 5.41) is 14.1. The van der Waals surface area contributed by atoms with Crippen molar-refractivity contribution in [3.05, 3.63) is 41.0 Å². The first-order valence-corrected chi connectivity index (χ1v) is 8.67. The molecule has 0 saturated heterocycles. The molecular weight excluding hydrogens is 334 g/mol. The third-order valence-corrected chi connectivity index (χ3v) is 4.96. The molecule has 0 N–H and O–H groups in total. The van der Waals surface area contributed by atoms with Crippen LogP contribution in [0.1, 0.15) is 30.5 Å². The Morgan fingerprint density at radius 2 is 2.04 bits per heavy atom. The van der Waals surface area contributed by atoms with E-state index in [1.54, 1.807) is 23.9 Å². The summed E-state index contributed by atoms with van der Waals surface area (Å²) >= 11 is 7.43. The Morgan fingerprint density at radius 3 is 2.78 bits per heavy atom. The van der Waals surface area contributed by atoms with Gasteiger partial charge in [-0.05, 0) is 37.1 Å². The quantitative estimate of drug-likeness (QED) is 0.655. The zero-order valence-corrected chi connectivity index (χ0v) is 14.0. The second kappa shape index (κ2) is 5.98. The normalized spacial score (nSPS) is 14.3. The summed E-state index contributed by atoms with van der Waals surface area (Å²) in [6.07, 6.45) is 2.43. The third kappa shape index (κ3) is 3.11. The van der Waals surface area contributed by atoms with Gasteiger partial charge in [0.2, 0.25) is 11.7 Å². The van der Waals surface area contributed by atoms with Gasteiger partial charge >= 0.3 is 0 Å². The first kappa shape index (κ1) is 14.7. The second-order valence-electron chi connectivity index (χ2n) is 5.48. The summed E-state index contributed by atoms with van der Waals surface area (Å²) in [7, 11) is 2.00. The minimum Gasteiger partial charge on any atom is -0.338 e. The van der Waals surface area contributed by atoms with Gasteiger partial charge < -0.3 is 9.09 Å². The standard InChI is InChI=1S/C15H14ClN5OS/c1-21-14(10-2-3-10)18-19-15(21)23-8-12-17-13(20-22-12)9-4-6-11(16)7-5-9/h4-7,10H,2-3,8H2,1H3. The molecule has 6 nitrogen and oxygen atoms in total. The van der Waals surface area contributed by atoms with Crippen LogP contribution in [0.3, 0.4) is 0 Å². The molecule has 1 saturated carbocycles. The molecule has 1 aliphatic carbocycles. The summed E-state index contributed by atoms with van der Waals surface area (Å²) in [6, 6.07) is 7.35. The molecule has 1 aliphatic rings. The molecule has 2 heterocycles. The molecule has 0 aliphatic heterocycles. The van der Waals surface area contributed by atoms with Gasteiger partial charge in [0.05, 0.1) is 5.75 Å². The lowest BCUT2D eigenvalue weighted by Gasteiger charge is -2.00. The summed E-state index contributed by atoms with van der Waals surface area (Å²) in [5.74, 6) is 3.35. The molecule has 1 fully saturated rings. The Balaban J connectivity index is 1.44. The minimum absolute atomic E-state index is 0.564. The Kier molecular flexibility index (Phi) is 3.82. The Labute approximate surface area is 142 Å². The fraction of sp³-hybridized carbons (Fsp3) is 0.333. The van der Waals surface area contributed by atoms with E-state index in [4.69, 9.17) is 16.1 Å². The van der Waals surface area contributed by atoms with E-state index in [-0.39, 0.29) is 0 Å². The van der Waals surface area contributed by atoms with Crippen LogP contribution in [0.2, 0.25) is 5.02 Å². The monoisotopic (exact) mass is 347 g/mol. The van der Waals surface area contributed by atoms with Gasteiger partial charge in [0.25, 0.3) is 0 Å². The van der Waals surface area contributed by atoms with Gasteiger partial charge in [0, 0.05) is 23.6 Å². The number of hydrogen-bond acceptors (Lipinski definition) is 6. The number of aromatic nitrogens is 5. The van der Waals surface area contributed by atoms with Gasteiger partial charge in [-0.2, -0.15) is 4.98 Å². The smallest absolute Gasteiger partial charge is 0.237 e. The van der Waals surface area contributed by atoms with Gasteiger partial charge in [-0.1, -0.05) is 28.5 Å². The average Bonchev–Trinajstić information content (AvgIpc) is 3.17. The summed E-state index contributed by atoms with van der Waals surface area (Å²) in [5.41, 5.74) is 0.879. The van der Waals surface area contributed by atoms with Gasteiger partial charge in [0.15, 0.2) is 5.16 Å². The van der Waals surface area contributed by atoms with Crippen molar-refractivity contribution in [2.45, 2.75) is 29.7 Å². The summed E-state index contributed by atoms with van der Waals surface area (Å²) in [4.78, 5) is 4.41. The van der Waals surface area contributed by atoms with Crippen LogP contribution >= 0.6 is 23.4 Å². The third-order valence-electron chi connectivity index (χ3n) is 3.71. The van der Waals surface area contributed by atoms with Crippen molar-refractivity contribution < 1.29 is 4.52 Å². The predicted molar refractivity (Wildman–Crippen MR) is 87.3 cm³/mol. The number of rotatable bonds is 5. The van der Waals surface area contributed by atoms with Crippen LogP contribution in [0.15, 0.2) is 33.9 Å². The molecule has 8 heteroatoms. The highest BCUT2D eigenvalue weighted by Crippen LogP contribution is 2.39. The second-order valence-corrected chi connectivity index (χ2v) is 6.86. The lowest BCUT2D eigenvalue weighted by molar-refractivity contribution is 0.391. The fourth-order valence-electron chi connectivity index (χ4n) is 2.30. The van der Waals surface area contributed by atoms with Crippen LogP contribution in [-0.2, 0) is 12.8 Å². The first-order chi connectivity index (χ1) is 11.2. The van der Waals surface area contributed by atoms with E-state index in [1.165, 1.54) is 12.8 Å². The molecule has 0 unspecified atom stereocenters. The van der Waals surface area contributed by atoms with Crippen molar-refractivity contribution in [3.8, 4) is 11.4 Å². The molecule has 0 amide bonds. The molecule has 2 aromatic heterocycles. The molecule has 3 aromatic rings. The average molecular weight is 348 g/mol. The van der Waals surface area contributed by atoms with Crippen molar-refractivity contribution in [2.24, 2.45) is 7.05 Å². The Morgan fingerprint density at radius 1 is 1.26 bits per heavy atom. The zero-order valence-electron chi connectivity index (χ0n) is 12.4. The van der Waals surface area contributed by atoms with E-state index >= 15 is 0 Å². The van der Waals surface area contributed by atoms with Crippen LogP contribution in [0.5, 0.6) is 0 Å². The SMILES string of the molecule is Cn1c(SCc2nc(-c3ccc(Cl)cc3)no2)nnc1C1CC1. The van der Waals surface area contributed by atoms with Crippen molar-refractivity contribution in [3.63, 3.8) is 0 Å². The number of thioether (sulfide) groups is 1. The molecule has 4 rings (SSSR count). The number of hydrogen-bond donors (Lipinski definition) is 0. The van der Waals surface area contributed by atoms with E-state index in [0.717, 1.165) is 16.5 Å². The highest BCUT2D eigenvalue weighted by molar-refractivity contribution is 7.98. The molecule has 0 radical (unpaired) electrons. The molecule has 0 atom stereocenters. The first-order valence-electron chi connectivity index (χ1n) is 7.31. The van der Waals surface area contributed by atoms with Crippen molar-refractivity contribution in [1.82, 2.24) is 24.9 Å². The maximum atomic E-state index is 5.88. The van der Waals surface area contributed by atoms with Crippen LogP contribution in [-0.4, -0.2) is 24.9 Å². The Bertz CT molecular complexity index is 825. The topological polar surface area (TPSA) is 69.6 Å². The highest BCUT2D eigenvalue weighted by Gasteiger charge is 2.29. The van der Waals surface area contributed by atoms with E-state index < -0.39 is 0 Å². The van der Waals surface area contributed by atoms with Gasteiger partial charge in [-0.25, -0.2) is 0 Å². The number of nitrogens with zero attached hydrogens (tertiary/aromatic N) is 5. The van der Waals surface area contributed by atoms with Crippen molar-refractivity contribution in [2.75, 3.05) is 0 Å². The predicted octanol–water partition coefficient (Wildman–Crippen LogP) is 3.69. The van der Waals surface area contributed by atoms with Crippen LogP contribution in [0, 0.1) is 0 Å². The van der Waals surface area contributed by atoms with E-state index in [9.17, 15) is 0 Å². The minimum atomic E-state index is 0.564. The van der Waals surface area contributed by atoms with Crippen LogP contribution in [0.25, 0.3) is 11.4 Å². The molecule has 0 bridgehead atoms. The van der Waals surface area contributed by atoms with E-state index in [1.807, 2.05) is 19.2 Å². The lowest BCUT2D eigenvalue weighted by atomic mass is 10.2. The van der Waals surface area contributed by atoms with Crippen LogP contribution in [0.4, 0.5) is 0 Å². The fourth-order valence-corrected chi connectivity index (χ4v) is 3.19. The van der Waals surface area contributed by atoms with Crippen LogP contribution < -0.4 is 0 Å². The van der Waals surface area contributed by atoms with Gasteiger partial charge in [-0.15, -0.1) is 10.2 Å². The highest BCUT2D eigenvalue weighted by atomic mass is 35.5. The molecule has 118 valence electrons. The van der Waals surface area contributed by atoms with Gasteiger partial charge in [0.1, 0.15) is 5.82 Å². The maximum Gasteiger partial charge on any atom is 0.237 e.